The number of fused-ring (bicyclic) bond motifs is 1. The van der Waals surface area contributed by atoms with Gasteiger partial charge in [-0.15, -0.1) is 0 Å². The summed E-state index contributed by atoms with van der Waals surface area (Å²) in [5, 5.41) is 3.15. The highest BCUT2D eigenvalue weighted by Gasteiger charge is 2.34. The number of hydrogen-bond acceptors (Lipinski definition) is 4. The van der Waals surface area contributed by atoms with Crippen molar-refractivity contribution in [2.75, 3.05) is 18.5 Å². The highest BCUT2D eigenvalue weighted by atomic mass is 35.5. The summed E-state index contributed by atoms with van der Waals surface area (Å²) < 4.78 is 5.00. The third kappa shape index (κ3) is 3.60. The summed E-state index contributed by atoms with van der Waals surface area (Å²) in [6.07, 6.45) is -0.727. The minimum absolute atomic E-state index is 0.0266. The smallest absolute Gasteiger partial charge is 0.411 e. The number of imide groups is 1. The molecule has 1 aliphatic heterocycles. The molecule has 0 atom stereocenters. The van der Waals surface area contributed by atoms with Crippen LogP contribution in [0.4, 0.5) is 10.5 Å². The van der Waals surface area contributed by atoms with E-state index in [0.717, 1.165) is 4.90 Å². The number of nitrogens with zero attached hydrogens (tertiary/aromatic N) is 1. The number of amides is 3. The summed E-state index contributed by atoms with van der Waals surface area (Å²) in [5.41, 5.74) is 1.13. The topological polar surface area (TPSA) is 75.7 Å². The number of nitrogens with one attached hydrogen (secondary N) is 1. The zero-order valence-electron chi connectivity index (χ0n) is 12.8. The number of hydrogen-bond donors (Lipinski definition) is 1. The second kappa shape index (κ2) is 7.13. The largest absolute Gasteiger partial charge is 0.447 e. The van der Waals surface area contributed by atoms with Crippen LogP contribution < -0.4 is 5.32 Å². The zero-order chi connectivity index (χ0) is 18.0. The Hall–Kier alpha value is -2.57. The molecule has 0 saturated heterocycles. The summed E-state index contributed by atoms with van der Waals surface area (Å²) in [6, 6.07) is 11.2. The first kappa shape index (κ1) is 17.3. The van der Waals surface area contributed by atoms with Crippen LogP contribution in [0.2, 0.25) is 10.0 Å². The number of rotatable bonds is 4. The minimum Gasteiger partial charge on any atom is -0.447 e. The molecule has 0 aliphatic carbocycles. The van der Waals surface area contributed by atoms with Gasteiger partial charge in [-0.1, -0.05) is 35.3 Å². The minimum atomic E-state index is -0.727. The van der Waals surface area contributed by atoms with Gasteiger partial charge in [-0.25, -0.2) is 4.79 Å². The second-order valence-electron chi connectivity index (χ2n) is 5.20. The molecule has 8 heteroatoms. The van der Waals surface area contributed by atoms with Gasteiger partial charge in [0.05, 0.1) is 27.7 Å². The maximum atomic E-state index is 12.2. The Balaban J connectivity index is 1.53. The SMILES string of the molecule is O=C(Nc1ccc(Cl)c(Cl)c1)OCCN1C(=O)c2ccccc2C1=O. The van der Waals surface area contributed by atoms with E-state index in [1.807, 2.05) is 0 Å². The van der Waals surface area contributed by atoms with Crippen molar-refractivity contribution >= 4 is 46.8 Å². The van der Waals surface area contributed by atoms with Crippen molar-refractivity contribution in [3.63, 3.8) is 0 Å². The fourth-order valence-corrected chi connectivity index (χ4v) is 2.70. The molecule has 1 aliphatic rings. The second-order valence-corrected chi connectivity index (χ2v) is 6.01. The highest BCUT2D eigenvalue weighted by Crippen LogP contribution is 2.25. The lowest BCUT2D eigenvalue weighted by molar-refractivity contribution is 0.0611. The Bertz CT molecular complexity index is 834. The zero-order valence-corrected chi connectivity index (χ0v) is 14.3. The van der Waals surface area contributed by atoms with E-state index in [2.05, 4.69) is 5.32 Å². The molecular weight excluding hydrogens is 367 g/mol. The summed E-state index contributed by atoms with van der Waals surface area (Å²) >= 11 is 11.7. The number of anilines is 1. The molecule has 0 spiro atoms. The molecule has 25 heavy (non-hydrogen) atoms. The van der Waals surface area contributed by atoms with Crippen molar-refractivity contribution in [2.45, 2.75) is 0 Å². The fraction of sp³-hybridized carbons (Fsp3) is 0.118. The lowest BCUT2D eigenvalue weighted by Gasteiger charge is -2.14. The first-order valence-corrected chi connectivity index (χ1v) is 8.07. The van der Waals surface area contributed by atoms with E-state index in [-0.39, 0.29) is 13.2 Å². The van der Waals surface area contributed by atoms with Crippen molar-refractivity contribution in [3.8, 4) is 0 Å². The van der Waals surface area contributed by atoms with Gasteiger partial charge in [-0.2, -0.15) is 0 Å². The molecule has 3 rings (SSSR count). The van der Waals surface area contributed by atoms with E-state index in [1.165, 1.54) is 12.1 Å². The molecule has 0 aromatic heterocycles. The lowest BCUT2D eigenvalue weighted by atomic mass is 10.1. The van der Waals surface area contributed by atoms with Crippen LogP contribution in [0, 0.1) is 0 Å². The average molecular weight is 379 g/mol. The third-order valence-corrected chi connectivity index (χ3v) is 4.33. The summed E-state index contributed by atoms with van der Waals surface area (Å²) in [6.45, 7) is -0.153. The van der Waals surface area contributed by atoms with E-state index in [0.29, 0.717) is 26.9 Å². The van der Waals surface area contributed by atoms with Crippen LogP contribution in [0.25, 0.3) is 0 Å². The van der Waals surface area contributed by atoms with Crippen LogP contribution in [-0.4, -0.2) is 36.0 Å². The number of carbonyl (C=O) groups excluding carboxylic acids is 3. The van der Waals surface area contributed by atoms with Crippen molar-refractivity contribution in [2.24, 2.45) is 0 Å². The molecule has 0 fully saturated rings. The standard InChI is InChI=1S/C17H12Cl2N2O4/c18-13-6-5-10(9-14(13)19)20-17(24)25-8-7-21-15(22)11-3-1-2-4-12(11)16(21)23/h1-6,9H,7-8H2,(H,20,24). The Morgan fingerprint density at radius 3 is 2.24 bits per heavy atom. The first-order valence-electron chi connectivity index (χ1n) is 7.31. The maximum Gasteiger partial charge on any atom is 0.411 e. The van der Waals surface area contributed by atoms with Gasteiger partial charge in [0.15, 0.2) is 0 Å². The van der Waals surface area contributed by atoms with E-state index in [9.17, 15) is 14.4 Å². The van der Waals surface area contributed by atoms with Gasteiger partial charge in [-0.05, 0) is 30.3 Å². The molecule has 0 saturated carbocycles. The predicted octanol–water partition coefficient (Wildman–Crippen LogP) is 3.84. The van der Waals surface area contributed by atoms with Crippen LogP contribution >= 0.6 is 23.2 Å². The van der Waals surface area contributed by atoms with Gasteiger partial charge in [0.2, 0.25) is 0 Å². The molecule has 1 N–H and O–H groups in total. The van der Waals surface area contributed by atoms with Crippen LogP contribution in [0.3, 0.4) is 0 Å². The van der Waals surface area contributed by atoms with Crippen LogP contribution in [0.15, 0.2) is 42.5 Å². The van der Waals surface area contributed by atoms with Crippen molar-refractivity contribution < 1.29 is 19.1 Å². The molecular formula is C17H12Cl2N2O4. The quantitative estimate of drug-likeness (QED) is 0.820. The van der Waals surface area contributed by atoms with E-state index >= 15 is 0 Å². The van der Waals surface area contributed by atoms with Gasteiger partial charge in [0.25, 0.3) is 11.8 Å². The van der Waals surface area contributed by atoms with E-state index < -0.39 is 17.9 Å². The normalized spacial score (nSPS) is 13.0. The molecule has 0 bridgehead atoms. The van der Waals surface area contributed by atoms with Gasteiger partial charge in [0.1, 0.15) is 6.61 Å². The number of carbonyl (C=O) groups is 3. The average Bonchev–Trinajstić information content (AvgIpc) is 2.83. The molecule has 0 unspecified atom stereocenters. The van der Waals surface area contributed by atoms with Gasteiger partial charge in [0, 0.05) is 5.69 Å². The fourth-order valence-electron chi connectivity index (χ4n) is 2.40. The molecule has 0 radical (unpaired) electrons. The monoisotopic (exact) mass is 378 g/mol. The summed E-state index contributed by atoms with van der Waals surface area (Å²) in [7, 11) is 0. The third-order valence-electron chi connectivity index (χ3n) is 3.59. The molecule has 128 valence electrons. The molecule has 2 aromatic rings. The lowest BCUT2D eigenvalue weighted by Crippen LogP contribution is -2.33. The Morgan fingerprint density at radius 1 is 1.00 bits per heavy atom. The van der Waals surface area contributed by atoms with Gasteiger partial charge < -0.3 is 4.74 Å². The molecule has 1 heterocycles. The van der Waals surface area contributed by atoms with Gasteiger partial charge in [-0.3, -0.25) is 19.8 Å². The van der Waals surface area contributed by atoms with E-state index in [1.54, 1.807) is 30.3 Å². The Kier molecular flexibility index (Phi) is 4.92. The van der Waals surface area contributed by atoms with E-state index in [4.69, 9.17) is 27.9 Å². The van der Waals surface area contributed by atoms with Crippen LogP contribution in [0.5, 0.6) is 0 Å². The molecule has 6 nitrogen and oxygen atoms in total. The summed E-state index contributed by atoms with van der Waals surface area (Å²) in [5.74, 6) is -0.789. The van der Waals surface area contributed by atoms with Gasteiger partial charge >= 0.3 is 6.09 Å². The summed E-state index contributed by atoms with van der Waals surface area (Å²) in [4.78, 5) is 37.1. The highest BCUT2D eigenvalue weighted by molar-refractivity contribution is 6.42. The van der Waals surface area contributed by atoms with Crippen molar-refractivity contribution in [1.82, 2.24) is 4.90 Å². The molecule has 3 amide bonds. The first-order chi connectivity index (χ1) is 12.0. The predicted molar refractivity (Wildman–Crippen MR) is 93.2 cm³/mol. The maximum absolute atomic E-state index is 12.2. The van der Waals surface area contributed by atoms with Crippen molar-refractivity contribution in [3.05, 3.63) is 63.6 Å². The number of halogens is 2. The molecule has 2 aromatic carbocycles. The van der Waals surface area contributed by atoms with Crippen LogP contribution in [-0.2, 0) is 4.74 Å². The Labute approximate surface area is 153 Å². The number of benzene rings is 2. The number of ether oxygens (including phenoxy) is 1. The van der Waals surface area contributed by atoms with Crippen LogP contribution in [0.1, 0.15) is 20.7 Å². The van der Waals surface area contributed by atoms with Crippen molar-refractivity contribution in [1.29, 1.82) is 0 Å². The Morgan fingerprint density at radius 2 is 1.64 bits per heavy atom.